The van der Waals surface area contributed by atoms with Crippen molar-refractivity contribution in [2.24, 2.45) is 10.8 Å². The molecule has 0 aliphatic rings. The zero-order chi connectivity index (χ0) is 16.1. The summed E-state index contributed by atoms with van der Waals surface area (Å²) >= 11 is 0. The van der Waals surface area contributed by atoms with Gasteiger partial charge in [0.1, 0.15) is 0 Å². The molecule has 0 spiro atoms. The van der Waals surface area contributed by atoms with E-state index in [1.165, 1.54) is 27.4 Å². The van der Waals surface area contributed by atoms with E-state index in [-0.39, 0.29) is 10.8 Å². The van der Waals surface area contributed by atoms with E-state index in [0.717, 1.165) is 0 Å². The summed E-state index contributed by atoms with van der Waals surface area (Å²) in [5.41, 5.74) is 4.37. The average Bonchev–Trinajstić information content (AvgIpc) is 2.74. The molecule has 0 amide bonds. The Balaban J connectivity index is 2.39. The maximum Gasteiger partial charge on any atom is 0.0467 e. The molecular weight excluding hydrogens is 266 g/mol. The van der Waals surface area contributed by atoms with E-state index >= 15 is 0 Å². The minimum absolute atomic E-state index is 0.213. The Labute approximate surface area is 133 Å². The lowest BCUT2D eigenvalue weighted by molar-refractivity contribution is 0.177. The molecule has 1 N–H and O–H groups in total. The standard InChI is InChI=1S/C21H27N/c1-20(2,3)19(21(4,5)6)15-11-9-13-17-18(15)14-10-7-8-12-16(14)22-17/h7-13,19,22H,1-6H3. The van der Waals surface area contributed by atoms with E-state index in [2.05, 4.69) is 89.0 Å². The van der Waals surface area contributed by atoms with Gasteiger partial charge in [-0.2, -0.15) is 0 Å². The second-order valence-electron chi connectivity index (χ2n) is 8.61. The van der Waals surface area contributed by atoms with Crippen LogP contribution in [0.25, 0.3) is 21.8 Å². The molecule has 0 saturated carbocycles. The highest BCUT2D eigenvalue weighted by molar-refractivity contribution is 6.09. The third-order valence-electron chi connectivity index (χ3n) is 4.61. The first kappa shape index (κ1) is 15.1. The first-order valence-electron chi connectivity index (χ1n) is 8.19. The van der Waals surface area contributed by atoms with Crippen molar-refractivity contribution in [1.29, 1.82) is 0 Å². The predicted molar refractivity (Wildman–Crippen MR) is 97.5 cm³/mol. The Morgan fingerprint density at radius 3 is 1.95 bits per heavy atom. The molecule has 0 unspecified atom stereocenters. The first-order valence-corrected chi connectivity index (χ1v) is 8.19. The van der Waals surface area contributed by atoms with Crippen LogP contribution in [0.5, 0.6) is 0 Å². The molecule has 0 radical (unpaired) electrons. The van der Waals surface area contributed by atoms with Gasteiger partial charge in [0.05, 0.1) is 0 Å². The van der Waals surface area contributed by atoms with Crippen LogP contribution >= 0.6 is 0 Å². The molecule has 1 heterocycles. The summed E-state index contributed by atoms with van der Waals surface area (Å²) in [4.78, 5) is 3.58. The number of aromatic nitrogens is 1. The van der Waals surface area contributed by atoms with E-state index in [9.17, 15) is 0 Å². The van der Waals surface area contributed by atoms with Crippen LogP contribution in [0.15, 0.2) is 42.5 Å². The smallest absolute Gasteiger partial charge is 0.0467 e. The number of para-hydroxylation sites is 1. The van der Waals surface area contributed by atoms with Crippen molar-refractivity contribution in [2.45, 2.75) is 47.5 Å². The van der Waals surface area contributed by atoms with Crippen molar-refractivity contribution in [3.05, 3.63) is 48.0 Å². The molecule has 1 nitrogen and oxygen atoms in total. The van der Waals surface area contributed by atoms with Crippen molar-refractivity contribution in [2.75, 3.05) is 0 Å². The van der Waals surface area contributed by atoms with Crippen LogP contribution in [0, 0.1) is 10.8 Å². The molecule has 0 fully saturated rings. The first-order chi connectivity index (χ1) is 10.2. The van der Waals surface area contributed by atoms with Crippen LogP contribution in [0.3, 0.4) is 0 Å². The average molecular weight is 293 g/mol. The van der Waals surface area contributed by atoms with Gasteiger partial charge in [0.15, 0.2) is 0 Å². The SMILES string of the molecule is CC(C)(C)C(c1cccc2[nH]c3ccccc3c12)C(C)(C)C. The van der Waals surface area contributed by atoms with Crippen LogP contribution < -0.4 is 0 Å². The molecule has 3 rings (SSSR count). The van der Waals surface area contributed by atoms with Gasteiger partial charge in [-0.3, -0.25) is 0 Å². The van der Waals surface area contributed by atoms with E-state index < -0.39 is 0 Å². The predicted octanol–water partition coefficient (Wildman–Crippen LogP) is 6.50. The lowest BCUT2D eigenvalue weighted by Gasteiger charge is -2.41. The summed E-state index contributed by atoms with van der Waals surface area (Å²) in [7, 11) is 0. The van der Waals surface area contributed by atoms with Crippen molar-refractivity contribution in [3.63, 3.8) is 0 Å². The highest BCUT2D eigenvalue weighted by Gasteiger charge is 2.37. The molecule has 116 valence electrons. The molecule has 22 heavy (non-hydrogen) atoms. The maximum atomic E-state index is 3.58. The quantitative estimate of drug-likeness (QED) is 0.527. The monoisotopic (exact) mass is 293 g/mol. The van der Waals surface area contributed by atoms with Gasteiger partial charge in [-0.25, -0.2) is 0 Å². The lowest BCUT2D eigenvalue weighted by Crippen LogP contribution is -2.30. The Morgan fingerprint density at radius 2 is 1.32 bits per heavy atom. The van der Waals surface area contributed by atoms with Crippen molar-refractivity contribution >= 4 is 21.8 Å². The molecule has 0 bridgehead atoms. The Kier molecular flexibility index (Phi) is 3.36. The number of nitrogens with one attached hydrogen (secondary N) is 1. The largest absolute Gasteiger partial charge is 0.355 e. The van der Waals surface area contributed by atoms with Crippen molar-refractivity contribution in [1.82, 2.24) is 4.98 Å². The molecule has 0 aliphatic heterocycles. The summed E-state index contributed by atoms with van der Waals surface area (Å²) in [5, 5.41) is 2.74. The van der Waals surface area contributed by atoms with Gasteiger partial charge in [-0.05, 0) is 34.4 Å². The number of hydrogen-bond acceptors (Lipinski definition) is 0. The van der Waals surface area contributed by atoms with Gasteiger partial charge in [-0.15, -0.1) is 0 Å². The third kappa shape index (κ3) is 2.43. The molecule has 2 aromatic carbocycles. The van der Waals surface area contributed by atoms with Gasteiger partial charge < -0.3 is 4.98 Å². The normalized spacial score (nSPS) is 13.4. The maximum absolute atomic E-state index is 3.58. The molecular formula is C21H27N. The topological polar surface area (TPSA) is 15.8 Å². The fourth-order valence-electron chi connectivity index (χ4n) is 4.40. The molecule has 3 aromatic rings. The number of benzene rings is 2. The summed E-state index contributed by atoms with van der Waals surface area (Å²) in [6, 6.07) is 15.4. The molecule has 1 aromatic heterocycles. The number of aromatic amines is 1. The van der Waals surface area contributed by atoms with Gasteiger partial charge in [0, 0.05) is 21.8 Å². The van der Waals surface area contributed by atoms with Gasteiger partial charge in [0.2, 0.25) is 0 Å². The summed E-state index contributed by atoms with van der Waals surface area (Å²) < 4.78 is 0. The highest BCUT2D eigenvalue weighted by Crippen LogP contribution is 2.49. The van der Waals surface area contributed by atoms with E-state index in [4.69, 9.17) is 0 Å². The number of rotatable bonds is 1. The Bertz CT molecular complexity index is 795. The minimum Gasteiger partial charge on any atom is -0.355 e. The third-order valence-corrected chi connectivity index (χ3v) is 4.61. The van der Waals surface area contributed by atoms with Crippen LogP contribution in [-0.2, 0) is 0 Å². The fraction of sp³-hybridized carbons (Fsp3) is 0.429. The molecule has 0 atom stereocenters. The van der Waals surface area contributed by atoms with Gasteiger partial charge in [-0.1, -0.05) is 71.9 Å². The zero-order valence-corrected chi connectivity index (χ0v) is 14.6. The Morgan fingerprint density at radius 1 is 0.727 bits per heavy atom. The highest BCUT2D eigenvalue weighted by atomic mass is 14.7. The Hall–Kier alpha value is -1.76. The molecule has 0 aliphatic carbocycles. The summed E-state index contributed by atoms with van der Waals surface area (Å²) in [5.74, 6) is 0.489. The fourth-order valence-corrected chi connectivity index (χ4v) is 4.40. The van der Waals surface area contributed by atoms with Crippen molar-refractivity contribution in [3.8, 4) is 0 Å². The van der Waals surface area contributed by atoms with Crippen LogP contribution in [0.4, 0.5) is 0 Å². The second-order valence-corrected chi connectivity index (χ2v) is 8.61. The van der Waals surface area contributed by atoms with Crippen molar-refractivity contribution < 1.29 is 0 Å². The van der Waals surface area contributed by atoms with Gasteiger partial charge in [0.25, 0.3) is 0 Å². The van der Waals surface area contributed by atoms with E-state index in [1.807, 2.05) is 0 Å². The number of fused-ring (bicyclic) bond motifs is 3. The lowest BCUT2D eigenvalue weighted by atomic mass is 9.63. The summed E-state index contributed by atoms with van der Waals surface area (Å²) in [6.07, 6.45) is 0. The summed E-state index contributed by atoms with van der Waals surface area (Å²) in [6.45, 7) is 14.1. The van der Waals surface area contributed by atoms with E-state index in [0.29, 0.717) is 5.92 Å². The number of H-pyrrole nitrogens is 1. The van der Waals surface area contributed by atoms with Crippen LogP contribution in [-0.4, -0.2) is 4.98 Å². The molecule has 0 saturated heterocycles. The minimum atomic E-state index is 0.213. The second kappa shape index (κ2) is 4.87. The van der Waals surface area contributed by atoms with Crippen LogP contribution in [0.1, 0.15) is 53.0 Å². The molecule has 1 heteroatoms. The zero-order valence-electron chi connectivity index (χ0n) is 14.6. The van der Waals surface area contributed by atoms with E-state index in [1.54, 1.807) is 0 Å². The number of hydrogen-bond donors (Lipinski definition) is 1. The van der Waals surface area contributed by atoms with Crippen LogP contribution in [0.2, 0.25) is 0 Å². The van der Waals surface area contributed by atoms with Gasteiger partial charge >= 0.3 is 0 Å².